The number of amides is 1. The Morgan fingerprint density at radius 2 is 1.90 bits per heavy atom. The number of carbonyl (C=O) groups excluding carboxylic acids is 2. The number of aryl methyl sites for hydroxylation is 1. The maximum absolute atomic E-state index is 12.7. The van der Waals surface area contributed by atoms with Crippen LogP contribution in [0.2, 0.25) is 0 Å². The summed E-state index contributed by atoms with van der Waals surface area (Å²) < 4.78 is 25.4. The van der Waals surface area contributed by atoms with Crippen LogP contribution in [0.4, 0.5) is 0 Å². The number of Topliss-reactive ketones (excluding diaryl/α,β-unsaturated/α-hetero) is 1. The van der Waals surface area contributed by atoms with Gasteiger partial charge in [-0.15, -0.1) is 0 Å². The zero-order chi connectivity index (χ0) is 22.6. The predicted molar refractivity (Wildman–Crippen MR) is 118 cm³/mol. The van der Waals surface area contributed by atoms with E-state index >= 15 is 0 Å². The van der Waals surface area contributed by atoms with E-state index in [0.717, 1.165) is 23.4 Å². The Bertz CT molecular complexity index is 1160. The number of carbonyl (C=O) groups is 2. The molecule has 2 N–H and O–H groups in total. The molecule has 7 nitrogen and oxygen atoms in total. The van der Waals surface area contributed by atoms with Crippen LogP contribution in [0.1, 0.15) is 70.8 Å². The van der Waals surface area contributed by atoms with E-state index in [1.165, 1.54) is 0 Å². The quantitative estimate of drug-likeness (QED) is 0.781. The van der Waals surface area contributed by atoms with Gasteiger partial charge in [0.2, 0.25) is 5.91 Å². The molecule has 0 spiro atoms. The first-order valence-corrected chi connectivity index (χ1v) is 12.5. The smallest absolute Gasteiger partial charge is 0.248 e. The Balaban J connectivity index is 1.73. The van der Waals surface area contributed by atoms with Crippen molar-refractivity contribution in [3.05, 3.63) is 46.3 Å². The standard InChI is InChI=1S/C23H29N3O4S/c1-14-21-19(12-23(2,3)13-20(21)27)26(25-14)17-4-5-18(22(24)28)16(11-17)10-15-6-8-31(29,30)9-7-15/h4-5,11,15H,6-10,12-13H2,1-3H3,(H2,24,28). The molecule has 2 aliphatic rings. The lowest BCUT2D eigenvalue weighted by atomic mass is 9.75. The van der Waals surface area contributed by atoms with E-state index in [1.807, 2.05) is 23.7 Å². The maximum Gasteiger partial charge on any atom is 0.248 e. The van der Waals surface area contributed by atoms with Gasteiger partial charge in [0.15, 0.2) is 5.78 Å². The van der Waals surface area contributed by atoms with E-state index in [1.54, 1.807) is 6.07 Å². The van der Waals surface area contributed by atoms with Gasteiger partial charge < -0.3 is 5.73 Å². The summed E-state index contributed by atoms with van der Waals surface area (Å²) in [6, 6.07) is 5.45. The SMILES string of the molecule is Cc1nn(-c2ccc(C(N)=O)c(CC3CCS(=O)(=O)CC3)c2)c2c1C(=O)CC(C)(C)C2. The number of fused-ring (bicyclic) bond motifs is 1. The van der Waals surface area contributed by atoms with Crippen LogP contribution in [0.25, 0.3) is 5.69 Å². The van der Waals surface area contributed by atoms with Crippen molar-refractivity contribution < 1.29 is 18.0 Å². The van der Waals surface area contributed by atoms with E-state index in [2.05, 4.69) is 18.9 Å². The fraction of sp³-hybridized carbons (Fsp3) is 0.522. The van der Waals surface area contributed by atoms with E-state index in [4.69, 9.17) is 5.73 Å². The topological polar surface area (TPSA) is 112 Å². The van der Waals surface area contributed by atoms with Gasteiger partial charge in [-0.25, -0.2) is 13.1 Å². The molecular weight excluding hydrogens is 414 g/mol. The molecule has 0 radical (unpaired) electrons. The summed E-state index contributed by atoms with van der Waals surface area (Å²) in [4.78, 5) is 24.8. The van der Waals surface area contributed by atoms with Crippen molar-refractivity contribution in [3.8, 4) is 5.69 Å². The third kappa shape index (κ3) is 4.31. The molecule has 1 aromatic carbocycles. The predicted octanol–water partition coefficient (Wildman–Crippen LogP) is 2.80. The number of ketones is 1. The number of primary amides is 1. The molecule has 1 aromatic heterocycles. The number of nitrogens with two attached hydrogens (primary N) is 1. The molecule has 31 heavy (non-hydrogen) atoms. The monoisotopic (exact) mass is 443 g/mol. The van der Waals surface area contributed by atoms with Crippen LogP contribution in [0.5, 0.6) is 0 Å². The van der Waals surface area contributed by atoms with E-state index < -0.39 is 15.7 Å². The molecule has 1 amide bonds. The number of sulfone groups is 1. The van der Waals surface area contributed by atoms with Gasteiger partial charge in [-0.3, -0.25) is 9.59 Å². The fourth-order valence-electron chi connectivity index (χ4n) is 4.93. The zero-order valence-corrected chi connectivity index (χ0v) is 19.1. The normalized spacial score (nSPS) is 20.4. The average Bonchev–Trinajstić information content (AvgIpc) is 2.98. The van der Waals surface area contributed by atoms with Crippen molar-refractivity contribution in [2.24, 2.45) is 17.1 Å². The molecule has 4 rings (SSSR count). The lowest BCUT2D eigenvalue weighted by Crippen LogP contribution is -2.28. The Labute approximate surface area is 182 Å². The summed E-state index contributed by atoms with van der Waals surface area (Å²) in [6.45, 7) is 6.02. The maximum atomic E-state index is 12.7. The Kier molecular flexibility index (Phi) is 5.32. The summed E-state index contributed by atoms with van der Waals surface area (Å²) in [5.74, 6) is 0.177. The first-order chi connectivity index (χ1) is 14.5. The summed E-state index contributed by atoms with van der Waals surface area (Å²) in [7, 11) is -2.95. The number of rotatable bonds is 4. The number of nitrogens with zero attached hydrogens (tertiary/aromatic N) is 2. The largest absolute Gasteiger partial charge is 0.366 e. The van der Waals surface area contributed by atoms with Gasteiger partial charge in [-0.05, 0) is 67.7 Å². The lowest BCUT2D eigenvalue weighted by molar-refractivity contribution is 0.0909. The molecular formula is C23H29N3O4S. The van der Waals surface area contributed by atoms with Gasteiger partial charge in [0, 0.05) is 12.0 Å². The molecule has 1 aliphatic carbocycles. The second-order valence-corrected chi connectivity index (χ2v) is 12.1. The Morgan fingerprint density at radius 3 is 2.55 bits per heavy atom. The minimum Gasteiger partial charge on any atom is -0.366 e. The van der Waals surface area contributed by atoms with Crippen molar-refractivity contribution in [3.63, 3.8) is 0 Å². The van der Waals surface area contributed by atoms with Gasteiger partial charge in [0.05, 0.1) is 34.1 Å². The van der Waals surface area contributed by atoms with Gasteiger partial charge >= 0.3 is 0 Å². The zero-order valence-electron chi connectivity index (χ0n) is 18.3. The van der Waals surface area contributed by atoms with Gasteiger partial charge in [0.1, 0.15) is 9.84 Å². The molecule has 1 saturated heterocycles. The van der Waals surface area contributed by atoms with Crippen LogP contribution in [0.3, 0.4) is 0 Å². The highest BCUT2D eigenvalue weighted by molar-refractivity contribution is 7.91. The van der Waals surface area contributed by atoms with Crippen LogP contribution in [-0.4, -0.2) is 41.4 Å². The van der Waals surface area contributed by atoms with Crippen molar-refractivity contribution in [1.82, 2.24) is 9.78 Å². The minimum absolute atomic E-state index is 0.118. The van der Waals surface area contributed by atoms with Crippen molar-refractivity contribution >= 4 is 21.5 Å². The molecule has 166 valence electrons. The molecule has 2 aromatic rings. The Hall–Kier alpha value is -2.48. The van der Waals surface area contributed by atoms with Crippen LogP contribution in [0.15, 0.2) is 18.2 Å². The molecule has 0 bridgehead atoms. The van der Waals surface area contributed by atoms with E-state index in [0.29, 0.717) is 42.5 Å². The Morgan fingerprint density at radius 1 is 1.23 bits per heavy atom. The van der Waals surface area contributed by atoms with E-state index in [-0.39, 0.29) is 28.6 Å². The van der Waals surface area contributed by atoms with Crippen LogP contribution >= 0.6 is 0 Å². The summed E-state index contributed by atoms with van der Waals surface area (Å²) >= 11 is 0. The second-order valence-electron chi connectivity index (χ2n) is 9.76. The number of hydrogen-bond donors (Lipinski definition) is 1. The molecule has 1 fully saturated rings. The number of hydrogen-bond acceptors (Lipinski definition) is 5. The third-order valence-corrected chi connectivity index (χ3v) is 8.22. The van der Waals surface area contributed by atoms with Crippen molar-refractivity contribution in [2.75, 3.05) is 11.5 Å². The van der Waals surface area contributed by atoms with Crippen LogP contribution < -0.4 is 5.73 Å². The number of aromatic nitrogens is 2. The van der Waals surface area contributed by atoms with Gasteiger partial charge in [-0.1, -0.05) is 13.8 Å². The highest BCUT2D eigenvalue weighted by Crippen LogP contribution is 2.37. The molecule has 8 heteroatoms. The molecule has 0 unspecified atom stereocenters. The summed E-state index contributed by atoms with van der Waals surface area (Å²) in [5.41, 5.74) is 9.85. The van der Waals surface area contributed by atoms with Gasteiger partial charge in [0.25, 0.3) is 0 Å². The first-order valence-electron chi connectivity index (χ1n) is 10.7. The molecule has 0 saturated carbocycles. The molecule has 2 heterocycles. The summed E-state index contributed by atoms with van der Waals surface area (Å²) in [6.07, 6.45) is 3.01. The summed E-state index contributed by atoms with van der Waals surface area (Å²) in [5, 5.41) is 4.66. The fourth-order valence-corrected chi connectivity index (χ4v) is 6.52. The van der Waals surface area contributed by atoms with E-state index in [9.17, 15) is 18.0 Å². The second kappa shape index (κ2) is 7.58. The van der Waals surface area contributed by atoms with Crippen LogP contribution in [0, 0.1) is 18.3 Å². The highest BCUT2D eigenvalue weighted by atomic mass is 32.2. The van der Waals surface area contributed by atoms with Crippen molar-refractivity contribution in [2.45, 2.75) is 52.9 Å². The first kappa shape index (κ1) is 21.7. The third-order valence-electron chi connectivity index (χ3n) is 6.50. The average molecular weight is 444 g/mol. The molecule has 0 atom stereocenters. The van der Waals surface area contributed by atoms with Crippen LogP contribution in [-0.2, 0) is 22.7 Å². The highest BCUT2D eigenvalue weighted by Gasteiger charge is 2.36. The van der Waals surface area contributed by atoms with Crippen molar-refractivity contribution in [1.29, 1.82) is 0 Å². The minimum atomic E-state index is -2.95. The van der Waals surface area contributed by atoms with Gasteiger partial charge in [-0.2, -0.15) is 5.10 Å². The molecule has 1 aliphatic heterocycles. The lowest BCUT2D eigenvalue weighted by Gasteiger charge is -2.29. The number of benzene rings is 1.